The van der Waals surface area contributed by atoms with E-state index in [1.54, 1.807) is 54.6 Å². The fourth-order valence-corrected chi connectivity index (χ4v) is 4.76. The molecule has 44 heavy (non-hydrogen) atoms. The number of carboxylic acids is 1. The molecule has 0 spiro atoms. The van der Waals surface area contributed by atoms with E-state index in [4.69, 9.17) is 14.5 Å². The molecular weight excluding hydrogens is 562 g/mol. The van der Waals surface area contributed by atoms with Crippen molar-refractivity contribution in [3.63, 3.8) is 0 Å². The highest BCUT2D eigenvalue weighted by Gasteiger charge is 2.37. The first-order chi connectivity index (χ1) is 21.3. The van der Waals surface area contributed by atoms with Gasteiger partial charge in [-0.1, -0.05) is 54.6 Å². The largest absolute Gasteiger partial charge is 0.478 e. The summed E-state index contributed by atoms with van der Waals surface area (Å²) in [6.07, 6.45) is 0. The Morgan fingerprint density at radius 1 is 0.750 bits per heavy atom. The molecule has 2 amide bonds. The minimum absolute atomic E-state index is 0.0454. The van der Waals surface area contributed by atoms with Gasteiger partial charge in [0.15, 0.2) is 5.82 Å². The molecule has 0 radical (unpaired) electrons. The first-order valence-electron chi connectivity index (χ1n) is 13.4. The number of ether oxygens (including phenoxy) is 2. The monoisotopic (exact) mass is 585 g/mol. The smallest absolute Gasteiger partial charge is 0.337 e. The van der Waals surface area contributed by atoms with E-state index in [1.165, 1.54) is 25.3 Å². The Morgan fingerprint density at radius 2 is 1.43 bits per heavy atom. The van der Waals surface area contributed by atoms with Crippen LogP contribution in [-0.2, 0) is 11.3 Å². The average molecular weight is 586 g/mol. The second kappa shape index (κ2) is 11.6. The molecule has 2 heterocycles. The molecule has 0 fully saturated rings. The third-order valence-electron chi connectivity index (χ3n) is 7.05. The number of hydrogen-bond acceptors (Lipinski definition) is 8. The van der Waals surface area contributed by atoms with Crippen molar-refractivity contribution in [2.75, 3.05) is 12.0 Å². The number of carboxylic acid groups (broad SMARTS) is 1. The number of methoxy groups -OCH3 is 1. The molecule has 0 bridgehead atoms. The second-order valence-corrected chi connectivity index (χ2v) is 9.82. The van der Waals surface area contributed by atoms with Crippen LogP contribution < -0.4 is 9.64 Å². The first kappa shape index (κ1) is 28.0. The van der Waals surface area contributed by atoms with Gasteiger partial charge in [-0.2, -0.15) is 4.98 Å². The molecule has 4 aromatic carbocycles. The zero-order valence-corrected chi connectivity index (χ0v) is 23.3. The summed E-state index contributed by atoms with van der Waals surface area (Å²) in [5.41, 5.74) is 3.72. The molecular formula is C34H23N3O7. The number of aromatic nitrogens is 2. The summed E-state index contributed by atoms with van der Waals surface area (Å²) >= 11 is 0. The molecule has 1 aromatic heterocycles. The first-order valence-corrected chi connectivity index (χ1v) is 13.4. The molecule has 0 saturated heterocycles. The molecule has 0 unspecified atom stereocenters. The van der Waals surface area contributed by atoms with Crippen molar-refractivity contribution in [3.05, 3.63) is 131 Å². The molecule has 10 nitrogen and oxygen atoms in total. The summed E-state index contributed by atoms with van der Waals surface area (Å²) in [6.45, 7) is 0.189. The van der Waals surface area contributed by atoms with Crippen molar-refractivity contribution in [3.8, 4) is 28.5 Å². The Kier molecular flexibility index (Phi) is 7.38. The number of fused-ring (bicyclic) bond motifs is 1. The number of amides is 2. The van der Waals surface area contributed by atoms with Gasteiger partial charge in [-0.15, -0.1) is 0 Å². The highest BCUT2D eigenvalue weighted by molar-refractivity contribution is 6.34. The lowest BCUT2D eigenvalue weighted by Crippen LogP contribution is -2.29. The predicted molar refractivity (Wildman–Crippen MR) is 160 cm³/mol. The number of hydrogen-bond donors (Lipinski definition) is 1. The quantitative estimate of drug-likeness (QED) is 0.180. The molecule has 1 N–H and O–H groups in total. The van der Waals surface area contributed by atoms with Gasteiger partial charge in [0.1, 0.15) is 6.61 Å². The third kappa shape index (κ3) is 5.39. The normalized spacial score (nSPS) is 12.2. The van der Waals surface area contributed by atoms with Crippen LogP contribution >= 0.6 is 0 Å². The van der Waals surface area contributed by atoms with Crippen LogP contribution in [0.4, 0.5) is 5.69 Å². The van der Waals surface area contributed by atoms with Crippen molar-refractivity contribution in [2.24, 2.45) is 0 Å². The third-order valence-corrected chi connectivity index (χ3v) is 7.05. The van der Waals surface area contributed by atoms with E-state index in [0.717, 1.165) is 16.0 Å². The zero-order chi connectivity index (χ0) is 30.8. The van der Waals surface area contributed by atoms with Gasteiger partial charge in [-0.3, -0.25) is 9.59 Å². The number of aromatic carboxylic acids is 1. The molecule has 0 saturated carbocycles. The Bertz CT molecular complexity index is 1920. The topological polar surface area (TPSA) is 136 Å². The van der Waals surface area contributed by atoms with E-state index >= 15 is 0 Å². The number of benzene rings is 4. The molecule has 0 atom stereocenters. The molecule has 1 aliphatic rings. The summed E-state index contributed by atoms with van der Waals surface area (Å²) in [6, 6.07) is 28.6. The lowest BCUT2D eigenvalue weighted by atomic mass is 10.1. The van der Waals surface area contributed by atoms with Crippen LogP contribution in [0.5, 0.6) is 5.88 Å². The van der Waals surface area contributed by atoms with Gasteiger partial charge in [-0.25, -0.2) is 19.5 Å². The number of rotatable bonds is 8. The highest BCUT2D eigenvalue weighted by Crippen LogP contribution is 2.32. The Balaban J connectivity index is 1.28. The molecule has 10 heteroatoms. The number of imide groups is 1. The lowest BCUT2D eigenvalue weighted by molar-refractivity contribution is 0.0599. The highest BCUT2D eigenvalue weighted by atomic mass is 16.5. The van der Waals surface area contributed by atoms with Crippen LogP contribution in [0.3, 0.4) is 0 Å². The standard InChI is InChI=1S/C34H23N3O7/c1-43-34(42)23-9-7-20(8-10-23)19-44-29-18-28(35-30(36-29)22-5-3-2-4-6-22)21-11-14-25(15-12-21)37-31(38)26-16-13-24(33(40)41)17-27(26)32(37)39/h2-18H,19H2,1H3,(H,40,41). The molecule has 5 aromatic rings. The van der Waals surface area contributed by atoms with Gasteiger partial charge in [0.2, 0.25) is 5.88 Å². The van der Waals surface area contributed by atoms with Gasteiger partial charge in [0, 0.05) is 17.2 Å². The number of anilines is 1. The Labute approximate surface area is 251 Å². The van der Waals surface area contributed by atoms with Crippen LogP contribution in [0.25, 0.3) is 22.6 Å². The van der Waals surface area contributed by atoms with Crippen LogP contribution in [0, 0.1) is 0 Å². The van der Waals surface area contributed by atoms with Crippen molar-refractivity contribution in [2.45, 2.75) is 6.61 Å². The van der Waals surface area contributed by atoms with E-state index in [0.29, 0.717) is 34.2 Å². The molecule has 1 aliphatic heterocycles. The van der Waals surface area contributed by atoms with E-state index in [-0.39, 0.29) is 23.3 Å². The van der Waals surface area contributed by atoms with Crippen molar-refractivity contribution >= 4 is 29.4 Å². The summed E-state index contributed by atoms with van der Waals surface area (Å²) in [5.74, 6) is -1.97. The van der Waals surface area contributed by atoms with Crippen molar-refractivity contribution in [1.82, 2.24) is 9.97 Å². The Hall–Kier alpha value is -6.16. The van der Waals surface area contributed by atoms with Gasteiger partial charge in [0.25, 0.3) is 11.8 Å². The number of nitrogens with zero attached hydrogens (tertiary/aromatic N) is 3. The van der Waals surface area contributed by atoms with Crippen LogP contribution in [-0.4, -0.2) is 45.9 Å². The van der Waals surface area contributed by atoms with Gasteiger partial charge >= 0.3 is 11.9 Å². The van der Waals surface area contributed by atoms with Crippen LogP contribution in [0.2, 0.25) is 0 Å². The number of carbonyl (C=O) groups excluding carboxylic acids is 3. The minimum atomic E-state index is -1.18. The van der Waals surface area contributed by atoms with Gasteiger partial charge in [0.05, 0.1) is 40.7 Å². The summed E-state index contributed by atoms with van der Waals surface area (Å²) in [4.78, 5) is 59.6. The van der Waals surface area contributed by atoms with E-state index in [2.05, 4.69) is 4.98 Å². The van der Waals surface area contributed by atoms with Gasteiger partial charge < -0.3 is 14.6 Å². The summed E-state index contributed by atoms with van der Waals surface area (Å²) < 4.78 is 10.8. The second-order valence-electron chi connectivity index (χ2n) is 9.82. The van der Waals surface area contributed by atoms with Crippen molar-refractivity contribution in [1.29, 1.82) is 0 Å². The lowest BCUT2D eigenvalue weighted by Gasteiger charge is -2.15. The van der Waals surface area contributed by atoms with Crippen LogP contribution in [0.15, 0.2) is 103 Å². The fraction of sp³-hybridized carbons (Fsp3) is 0.0588. The van der Waals surface area contributed by atoms with Crippen LogP contribution in [0.1, 0.15) is 47.0 Å². The number of esters is 1. The van der Waals surface area contributed by atoms with Gasteiger partial charge in [-0.05, 0) is 48.0 Å². The molecule has 0 aliphatic carbocycles. The maximum absolute atomic E-state index is 13.1. The maximum Gasteiger partial charge on any atom is 0.337 e. The van der Waals surface area contributed by atoms with E-state index in [1.807, 2.05) is 30.3 Å². The van der Waals surface area contributed by atoms with E-state index < -0.39 is 23.8 Å². The molecule has 216 valence electrons. The number of carbonyl (C=O) groups is 4. The Morgan fingerprint density at radius 3 is 2.11 bits per heavy atom. The van der Waals surface area contributed by atoms with Crippen molar-refractivity contribution < 1.29 is 33.8 Å². The molecule has 6 rings (SSSR count). The summed E-state index contributed by atoms with van der Waals surface area (Å²) in [7, 11) is 1.33. The predicted octanol–water partition coefficient (Wildman–Crippen LogP) is 5.68. The average Bonchev–Trinajstić information content (AvgIpc) is 3.32. The SMILES string of the molecule is COC(=O)c1ccc(COc2cc(-c3ccc(N4C(=O)c5ccc(C(=O)O)cc5C4=O)cc3)nc(-c3ccccc3)n2)cc1. The summed E-state index contributed by atoms with van der Waals surface area (Å²) in [5, 5.41) is 9.29. The van der Waals surface area contributed by atoms with E-state index in [9.17, 15) is 24.3 Å². The zero-order valence-electron chi connectivity index (χ0n) is 23.3. The fourth-order valence-electron chi connectivity index (χ4n) is 4.76. The minimum Gasteiger partial charge on any atom is -0.478 e. The maximum atomic E-state index is 13.1.